The van der Waals surface area contributed by atoms with Crippen LogP contribution in [0.2, 0.25) is 5.02 Å². The first-order chi connectivity index (χ1) is 24.7. The van der Waals surface area contributed by atoms with Gasteiger partial charge in [-0.05, 0) is 72.5 Å². The highest BCUT2D eigenvalue weighted by atomic mass is 35.5. The Hall–Kier alpha value is -4.96. The second-order valence-electron chi connectivity index (χ2n) is 13.1. The number of benzene rings is 4. The summed E-state index contributed by atoms with van der Waals surface area (Å²) in [6.07, 6.45) is 0.693. The van der Waals surface area contributed by atoms with Crippen LogP contribution >= 0.6 is 11.6 Å². The number of carbonyl (C=O) groups is 2. The van der Waals surface area contributed by atoms with Crippen molar-refractivity contribution in [3.63, 3.8) is 0 Å². The molecule has 8 nitrogen and oxygen atoms in total. The monoisotopic (exact) mass is 706 g/mol. The molecular formula is C41H40ClFN4O4. The molecule has 51 heavy (non-hydrogen) atoms. The Bertz CT molecular complexity index is 2040. The number of carbonyl (C=O) groups excluding carboxylic acids is 2. The van der Waals surface area contributed by atoms with E-state index in [0.717, 1.165) is 24.2 Å². The molecule has 2 amide bonds. The van der Waals surface area contributed by atoms with Crippen LogP contribution in [0.1, 0.15) is 43.1 Å². The molecule has 1 N–H and O–H groups in total. The summed E-state index contributed by atoms with van der Waals surface area (Å²) in [7, 11) is 1.82. The molecule has 0 unspecified atom stereocenters. The standard InChI is InChI=1S/C41H40ClFN4O4/c1-27-34(40(48)44-31-12-14-33(15-13-31)51-26-28-8-4-3-5-9-28)23-39(45(27)2)35-21-37(42)38(43)22-36(35)41(49)47-24-30-11-7-6-10-29(30)20-32(47)25-46-16-18-50-19-17-46/h3-15,21-23,32H,16-20,24-26H2,1-2H3,(H,44,48)/t32-/m0/s1. The van der Waals surface area contributed by atoms with Crippen molar-refractivity contribution in [2.24, 2.45) is 7.05 Å². The average Bonchev–Trinajstić information content (AvgIpc) is 3.45. The summed E-state index contributed by atoms with van der Waals surface area (Å²) in [6.45, 7) is 6.26. The molecule has 1 atom stereocenters. The number of halogens is 2. The number of hydrogen-bond acceptors (Lipinski definition) is 5. The van der Waals surface area contributed by atoms with Gasteiger partial charge >= 0.3 is 0 Å². The van der Waals surface area contributed by atoms with E-state index in [1.807, 2.05) is 84.1 Å². The van der Waals surface area contributed by atoms with E-state index in [-0.39, 0.29) is 28.4 Å². The third-order valence-electron chi connectivity index (χ3n) is 9.90. The summed E-state index contributed by atoms with van der Waals surface area (Å²) in [5.74, 6) is -0.588. The van der Waals surface area contributed by atoms with Gasteiger partial charge in [0.2, 0.25) is 0 Å². The highest BCUT2D eigenvalue weighted by Crippen LogP contribution is 2.35. The van der Waals surface area contributed by atoms with E-state index in [0.29, 0.717) is 73.3 Å². The Labute approximate surface area is 302 Å². The second kappa shape index (κ2) is 15.1. The van der Waals surface area contributed by atoms with Crippen molar-refractivity contribution in [1.82, 2.24) is 14.4 Å². The minimum Gasteiger partial charge on any atom is -0.489 e. The molecule has 7 rings (SSSR count). The molecule has 5 aromatic rings. The first-order valence-corrected chi connectivity index (χ1v) is 17.5. The van der Waals surface area contributed by atoms with Gasteiger partial charge in [-0.1, -0.05) is 66.2 Å². The zero-order chi connectivity index (χ0) is 35.5. The van der Waals surface area contributed by atoms with E-state index >= 15 is 4.39 Å². The zero-order valence-corrected chi connectivity index (χ0v) is 29.5. The molecule has 3 heterocycles. The lowest BCUT2D eigenvalue weighted by atomic mass is 9.92. The average molecular weight is 707 g/mol. The molecule has 1 fully saturated rings. The van der Waals surface area contributed by atoms with Crippen LogP contribution in [0.3, 0.4) is 0 Å². The molecule has 4 aromatic carbocycles. The maximum absolute atomic E-state index is 15.2. The normalized spacial score (nSPS) is 16.1. The van der Waals surface area contributed by atoms with E-state index in [4.69, 9.17) is 21.1 Å². The van der Waals surface area contributed by atoms with Gasteiger partial charge in [0, 0.05) is 61.9 Å². The molecule has 1 saturated heterocycles. The van der Waals surface area contributed by atoms with Gasteiger partial charge in [-0.25, -0.2) is 4.39 Å². The lowest BCUT2D eigenvalue weighted by molar-refractivity contribution is 0.0193. The lowest BCUT2D eigenvalue weighted by Crippen LogP contribution is -2.52. The summed E-state index contributed by atoms with van der Waals surface area (Å²) in [5, 5.41) is 2.87. The predicted octanol–water partition coefficient (Wildman–Crippen LogP) is 7.52. The Balaban J connectivity index is 1.15. The van der Waals surface area contributed by atoms with Crippen molar-refractivity contribution in [3.05, 3.63) is 141 Å². The van der Waals surface area contributed by atoms with Crippen molar-refractivity contribution >= 4 is 29.1 Å². The number of anilines is 1. The van der Waals surface area contributed by atoms with E-state index < -0.39 is 5.82 Å². The molecule has 0 aliphatic carbocycles. The molecule has 0 bridgehead atoms. The smallest absolute Gasteiger partial charge is 0.257 e. The number of nitrogens with zero attached hydrogens (tertiary/aromatic N) is 3. The zero-order valence-electron chi connectivity index (χ0n) is 28.7. The minimum absolute atomic E-state index is 0.102. The Kier molecular flexibility index (Phi) is 10.2. The number of morpholine rings is 1. The summed E-state index contributed by atoms with van der Waals surface area (Å²) in [6, 6.07) is 29.6. The fourth-order valence-electron chi connectivity index (χ4n) is 6.92. The number of hydrogen-bond donors (Lipinski definition) is 1. The van der Waals surface area contributed by atoms with Crippen molar-refractivity contribution in [3.8, 4) is 17.0 Å². The second-order valence-corrected chi connectivity index (χ2v) is 13.5. The summed E-state index contributed by atoms with van der Waals surface area (Å²) in [4.78, 5) is 32.4. The quantitative estimate of drug-likeness (QED) is 0.172. The van der Waals surface area contributed by atoms with Crippen molar-refractivity contribution in [2.45, 2.75) is 32.5 Å². The molecule has 2 aliphatic heterocycles. The molecule has 2 aliphatic rings. The highest BCUT2D eigenvalue weighted by molar-refractivity contribution is 6.31. The Morgan fingerprint density at radius 2 is 1.63 bits per heavy atom. The maximum Gasteiger partial charge on any atom is 0.257 e. The van der Waals surface area contributed by atoms with Gasteiger partial charge in [-0.15, -0.1) is 0 Å². The number of rotatable bonds is 9. The summed E-state index contributed by atoms with van der Waals surface area (Å²) < 4.78 is 28.5. The third kappa shape index (κ3) is 7.56. The maximum atomic E-state index is 15.2. The predicted molar refractivity (Wildman–Crippen MR) is 197 cm³/mol. The van der Waals surface area contributed by atoms with Gasteiger partial charge in [0.15, 0.2) is 0 Å². The van der Waals surface area contributed by atoms with Crippen molar-refractivity contribution < 1.29 is 23.5 Å². The number of amides is 2. The fraction of sp³-hybridized carbons (Fsp3) is 0.268. The van der Waals surface area contributed by atoms with Gasteiger partial charge < -0.3 is 24.3 Å². The number of fused-ring (bicyclic) bond motifs is 1. The summed E-state index contributed by atoms with van der Waals surface area (Å²) in [5.41, 5.74) is 6.29. The van der Waals surface area contributed by atoms with Gasteiger partial charge in [0.1, 0.15) is 18.2 Å². The van der Waals surface area contributed by atoms with Crippen molar-refractivity contribution in [2.75, 3.05) is 38.2 Å². The highest BCUT2D eigenvalue weighted by Gasteiger charge is 2.34. The molecular weight excluding hydrogens is 667 g/mol. The minimum atomic E-state index is -0.675. The van der Waals surface area contributed by atoms with Crippen LogP contribution < -0.4 is 10.1 Å². The molecule has 0 saturated carbocycles. The largest absolute Gasteiger partial charge is 0.489 e. The van der Waals surface area contributed by atoms with Crippen LogP contribution in [0.15, 0.2) is 97.1 Å². The number of ether oxygens (including phenoxy) is 2. The topological polar surface area (TPSA) is 76.0 Å². The molecule has 0 spiro atoms. The molecule has 1 aromatic heterocycles. The van der Waals surface area contributed by atoms with Crippen LogP contribution in [0.4, 0.5) is 10.1 Å². The van der Waals surface area contributed by atoms with E-state index in [2.05, 4.69) is 16.3 Å². The van der Waals surface area contributed by atoms with E-state index in [1.165, 1.54) is 17.7 Å². The summed E-state index contributed by atoms with van der Waals surface area (Å²) >= 11 is 6.37. The lowest BCUT2D eigenvalue weighted by Gasteiger charge is -2.40. The van der Waals surface area contributed by atoms with E-state index in [9.17, 15) is 9.59 Å². The molecule has 262 valence electrons. The van der Waals surface area contributed by atoms with Crippen LogP contribution in [0, 0.1) is 12.7 Å². The first kappa shape index (κ1) is 34.5. The first-order valence-electron chi connectivity index (χ1n) is 17.2. The van der Waals surface area contributed by atoms with Crippen LogP contribution in [-0.2, 0) is 31.4 Å². The van der Waals surface area contributed by atoms with Gasteiger partial charge in [-0.2, -0.15) is 0 Å². The van der Waals surface area contributed by atoms with Gasteiger partial charge in [0.25, 0.3) is 11.8 Å². The number of nitrogens with one attached hydrogen (secondary N) is 1. The SMILES string of the molecule is Cc1c(C(=O)Nc2ccc(OCc3ccccc3)cc2)cc(-c2cc(Cl)c(F)cc2C(=O)N2Cc3ccccc3C[C@H]2CN2CCOCC2)n1C. The van der Waals surface area contributed by atoms with Crippen LogP contribution in [0.25, 0.3) is 11.3 Å². The Morgan fingerprint density at radius 3 is 2.37 bits per heavy atom. The number of aromatic nitrogens is 1. The van der Waals surface area contributed by atoms with Crippen LogP contribution in [0.5, 0.6) is 5.75 Å². The van der Waals surface area contributed by atoms with Crippen LogP contribution in [-0.4, -0.2) is 65.1 Å². The molecule has 0 radical (unpaired) electrons. The third-order valence-corrected chi connectivity index (χ3v) is 10.2. The molecule has 10 heteroatoms. The fourth-order valence-corrected chi connectivity index (χ4v) is 7.09. The Morgan fingerprint density at radius 1 is 0.922 bits per heavy atom. The van der Waals surface area contributed by atoms with Gasteiger partial charge in [-0.3, -0.25) is 14.5 Å². The van der Waals surface area contributed by atoms with Crippen molar-refractivity contribution in [1.29, 1.82) is 0 Å². The van der Waals surface area contributed by atoms with Gasteiger partial charge in [0.05, 0.1) is 29.4 Å². The van der Waals surface area contributed by atoms with E-state index in [1.54, 1.807) is 18.2 Å².